The number of anilines is 1. The maximum atomic E-state index is 12.2. The average molecular weight is 346 g/mol. The molecule has 0 atom stereocenters. The van der Waals surface area contributed by atoms with Gasteiger partial charge in [0.25, 0.3) is 0 Å². The Balaban J connectivity index is 1.57. The topological polar surface area (TPSA) is 111 Å². The summed E-state index contributed by atoms with van der Waals surface area (Å²) in [4.78, 5) is 25.9. The Labute approximate surface area is 143 Å². The summed E-state index contributed by atoms with van der Waals surface area (Å²) in [7, 11) is 0. The zero-order valence-electron chi connectivity index (χ0n) is 13.7. The highest BCUT2D eigenvalue weighted by Crippen LogP contribution is 2.32. The van der Waals surface area contributed by atoms with E-state index in [9.17, 15) is 9.59 Å². The van der Waals surface area contributed by atoms with Crippen molar-refractivity contribution in [2.45, 2.75) is 13.5 Å². The second-order valence-electron chi connectivity index (χ2n) is 5.32. The van der Waals surface area contributed by atoms with E-state index in [1.54, 1.807) is 25.1 Å². The van der Waals surface area contributed by atoms with Gasteiger partial charge in [0.1, 0.15) is 26.1 Å². The second-order valence-corrected chi connectivity index (χ2v) is 5.32. The van der Waals surface area contributed by atoms with E-state index in [2.05, 4.69) is 20.8 Å². The SMILES string of the molecule is CCN(CC(=O)Nc1ccc2c(c1)OCCO2)C(=O)Cn1cnnn1. The summed E-state index contributed by atoms with van der Waals surface area (Å²) in [6, 6.07) is 5.17. The monoisotopic (exact) mass is 346 g/mol. The van der Waals surface area contributed by atoms with Gasteiger partial charge >= 0.3 is 0 Å². The Morgan fingerprint density at radius 2 is 2.08 bits per heavy atom. The third-order valence-electron chi connectivity index (χ3n) is 3.58. The quantitative estimate of drug-likeness (QED) is 0.779. The Hall–Kier alpha value is -3.17. The molecule has 0 radical (unpaired) electrons. The molecule has 0 saturated carbocycles. The summed E-state index contributed by atoms with van der Waals surface area (Å²) in [6.07, 6.45) is 1.35. The van der Waals surface area contributed by atoms with Gasteiger partial charge in [-0.2, -0.15) is 0 Å². The van der Waals surface area contributed by atoms with E-state index in [4.69, 9.17) is 9.47 Å². The lowest BCUT2D eigenvalue weighted by molar-refractivity contribution is -0.135. The zero-order valence-corrected chi connectivity index (χ0v) is 13.7. The first-order valence-corrected chi connectivity index (χ1v) is 7.83. The van der Waals surface area contributed by atoms with Gasteiger partial charge in [-0.3, -0.25) is 9.59 Å². The van der Waals surface area contributed by atoms with Gasteiger partial charge < -0.3 is 19.7 Å². The number of nitrogens with zero attached hydrogens (tertiary/aromatic N) is 5. The number of fused-ring (bicyclic) bond motifs is 1. The van der Waals surface area contributed by atoms with Crippen LogP contribution in [0, 0.1) is 0 Å². The van der Waals surface area contributed by atoms with E-state index < -0.39 is 0 Å². The summed E-state index contributed by atoms with van der Waals surface area (Å²) in [5, 5.41) is 13.3. The molecule has 1 aromatic heterocycles. The number of amides is 2. The number of carbonyl (C=O) groups is 2. The minimum atomic E-state index is -0.302. The molecule has 2 amide bonds. The van der Waals surface area contributed by atoms with E-state index in [1.165, 1.54) is 15.9 Å². The van der Waals surface area contributed by atoms with Crippen molar-refractivity contribution in [2.75, 3.05) is 31.6 Å². The summed E-state index contributed by atoms with van der Waals surface area (Å²) in [5.41, 5.74) is 0.582. The number of rotatable bonds is 6. The fourth-order valence-corrected chi connectivity index (χ4v) is 2.36. The number of hydrogen-bond donors (Lipinski definition) is 1. The first-order chi connectivity index (χ1) is 12.2. The molecule has 0 fully saturated rings. The van der Waals surface area contributed by atoms with Gasteiger partial charge in [0.05, 0.1) is 6.54 Å². The first kappa shape index (κ1) is 16.7. The molecule has 2 heterocycles. The van der Waals surface area contributed by atoms with Crippen molar-refractivity contribution in [3.05, 3.63) is 24.5 Å². The molecule has 0 spiro atoms. The van der Waals surface area contributed by atoms with Crippen LogP contribution in [0.3, 0.4) is 0 Å². The molecule has 3 rings (SSSR count). The molecule has 132 valence electrons. The van der Waals surface area contributed by atoms with Crippen molar-refractivity contribution < 1.29 is 19.1 Å². The van der Waals surface area contributed by atoms with Crippen molar-refractivity contribution in [3.8, 4) is 11.5 Å². The highest BCUT2D eigenvalue weighted by molar-refractivity contribution is 5.94. The van der Waals surface area contributed by atoms with E-state index >= 15 is 0 Å². The van der Waals surface area contributed by atoms with Crippen LogP contribution in [0.15, 0.2) is 24.5 Å². The molecule has 2 aromatic rings. The second kappa shape index (κ2) is 7.60. The molecule has 1 aromatic carbocycles. The van der Waals surface area contributed by atoms with Crippen LogP contribution in [-0.2, 0) is 16.1 Å². The largest absolute Gasteiger partial charge is 0.486 e. The van der Waals surface area contributed by atoms with Crippen molar-refractivity contribution in [1.82, 2.24) is 25.1 Å². The Morgan fingerprint density at radius 1 is 1.28 bits per heavy atom. The molecule has 0 bridgehead atoms. The maximum absolute atomic E-state index is 12.2. The summed E-state index contributed by atoms with van der Waals surface area (Å²) < 4.78 is 12.2. The van der Waals surface area contributed by atoms with Crippen molar-refractivity contribution in [1.29, 1.82) is 0 Å². The molecule has 25 heavy (non-hydrogen) atoms. The van der Waals surface area contributed by atoms with E-state index in [1.807, 2.05) is 0 Å². The maximum Gasteiger partial charge on any atom is 0.244 e. The first-order valence-electron chi connectivity index (χ1n) is 7.83. The molecule has 0 saturated heterocycles. The fourth-order valence-electron chi connectivity index (χ4n) is 2.36. The molecule has 0 aliphatic carbocycles. The van der Waals surface area contributed by atoms with Gasteiger partial charge in [-0.1, -0.05) is 0 Å². The number of ether oxygens (including phenoxy) is 2. The summed E-state index contributed by atoms with van der Waals surface area (Å²) in [6.45, 7) is 3.10. The van der Waals surface area contributed by atoms with Crippen LogP contribution >= 0.6 is 0 Å². The molecule has 10 nitrogen and oxygen atoms in total. The Morgan fingerprint density at radius 3 is 2.80 bits per heavy atom. The van der Waals surface area contributed by atoms with E-state index in [-0.39, 0.29) is 24.9 Å². The minimum absolute atomic E-state index is 0.0157. The molecule has 1 N–H and O–H groups in total. The highest BCUT2D eigenvalue weighted by Gasteiger charge is 2.18. The van der Waals surface area contributed by atoms with Crippen LogP contribution in [0.25, 0.3) is 0 Å². The fraction of sp³-hybridized carbons (Fsp3) is 0.400. The molecular weight excluding hydrogens is 328 g/mol. The standard InChI is InChI=1S/C15H18N6O4/c1-2-20(15(23)9-21-10-16-18-19-21)8-14(22)17-11-3-4-12-13(7-11)25-6-5-24-12/h3-4,7,10H,2,5-6,8-9H2,1H3,(H,17,22). The number of benzene rings is 1. The molecule has 1 aliphatic rings. The predicted molar refractivity (Wildman–Crippen MR) is 86.1 cm³/mol. The van der Waals surface area contributed by atoms with Gasteiger partial charge in [-0.25, -0.2) is 4.68 Å². The van der Waals surface area contributed by atoms with E-state index in [0.717, 1.165) is 0 Å². The highest BCUT2D eigenvalue weighted by atomic mass is 16.6. The number of hydrogen-bond acceptors (Lipinski definition) is 7. The van der Waals surface area contributed by atoms with Gasteiger partial charge in [-0.05, 0) is 29.5 Å². The van der Waals surface area contributed by atoms with Crippen LogP contribution in [0.2, 0.25) is 0 Å². The molecule has 0 unspecified atom stereocenters. The van der Waals surface area contributed by atoms with Crippen LogP contribution in [-0.4, -0.2) is 63.2 Å². The minimum Gasteiger partial charge on any atom is -0.486 e. The van der Waals surface area contributed by atoms with Gasteiger partial charge in [-0.15, -0.1) is 5.10 Å². The Bertz CT molecular complexity index is 748. The van der Waals surface area contributed by atoms with Crippen molar-refractivity contribution in [3.63, 3.8) is 0 Å². The lowest BCUT2D eigenvalue weighted by Gasteiger charge is -2.21. The van der Waals surface area contributed by atoms with Gasteiger partial charge in [0.2, 0.25) is 11.8 Å². The van der Waals surface area contributed by atoms with Crippen LogP contribution < -0.4 is 14.8 Å². The van der Waals surface area contributed by atoms with Gasteiger partial charge in [0, 0.05) is 18.3 Å². The third-order valence-corrected chi connectivity index (χ3v) is 3.58. The summed E-state index contributed by atoms with van der Waals surface area (Å²) >= 11 is 0. The molecular formula is C15H18N6O4. The number of aromatic nitrogens is 4. The number of carbonyl (C=O) groups excluding carboxylic acids is 2. The lowest BCUT2D eigenvalue weighted by atomic mass is 10.2. The van der Waals surface area contributed by atoms with Crippen molar-refractivity contribution in [2.24, 2.45) is 0 Å². The summed E-state index contributed by atoms with van der Waals surface area (Å²) in [5.74, 6) is 0.693. The van der Waals surface area contributed by atoms with Crippen LogP contribution in [0.4, 0.5) is 5.69 Å². The molecule has 10 heteroatoms. The number of nitrogens with one attached hydrogen (secondary N) is 1. The van der Waals surface area contributed by atoms with Crippen molar-refractivity contribution >= 4 is 17.5 Å². The lowest BCUT2D eigenvalue weighted by Crippen LogP contribution is -2.39. The molecule has 1 aliphatic heterocycles. The number of likely N-dealkylation sites (N-methyl/N-ethyl adjacent to an activating group) is 1. The van der Waals surface area contributed by atoms with Gasteiger partial charge in [0.15, 0.2) is 11.5 Å². The van der Waals surface area contributed by atoms with E-state index in [0.29, 0.717) is 36.9 Å². The van der Waals surface area contributed by atoms with Crippen LogP contribution in [0.1, 0.15) is 6.92 Å². The average Bonchev–Trinajstić information content (AvgIpc) is 3.12. The zero-order chi connectivity index (χ0) is 17.6. The van der Waals surface area contributed by atoms with Crippen LogP contribution in [0.5, 0.6) is 11.5 Å². The normalized spacial score (nSPS) is 12.5. The smallest absolute Gasteiger partial charge is 0.244 e. The Kier molecular flexibility index (Phi) is 5.07. The third kappa shape index (κ3) is 4.22. The number of tetrazole rings is 1. The predicted octanol–water partition coefficient (Wildman–Crippen LogP) is -0.0685.